The van der Waals surface area contributed by atoms with Crippen LogP contribution in [0.4, 0.5) is 5.69 Å². The highest BCUT2D eigenvalue weighted by Crippen LogP contribution is 2.51. The molecule has 28 heavy (non-hydrogen) atoms. The van der Waals surface area contributed by atoms with Crippen molar-refractivity contribution in [3.8, 4) is 11.1 Å². The fourth-order valence-electron chi connectivity index (χ4n) is 4.69. The molecule has 0 bridgehead atoms. The Morgan fingerprint density at radius 3 is 2.50 bits per heavy atom. The second-order valence-corrected chi connectivity index (χ2v) is 7.89. The van der Waals surface area contributed by atoms with Gasteiger partial charge in [-0.15, -0.1) is 0 Å². The van der Waals surface area contributed by atoms with Crippen molar-refractivity contribution in [3.05, 3.63) is 72.1 Å². The number of rotatable bonds is 2. The van der Waals surface area contributed by atoms with Crippen LogP contribution in [0.1, 0.15) is 47.4 Å². The van der Waals surface area contributed by atoms with E-state index in [0.717, 1.165) is 36.3 Å². The van der Waals surface area contributed by atoms with Crippen LogP contribution in [-0.2, 0) is 5.41 Å². The molecule has 0 N–H and O–H groups in total. The molecule has 2 aromatic heterocycles. The molecule has 0 unspecified atom stereocenters. The van der Waals surface area contributed by atoms with E-state index in [1.54, 1.807) is 12.4 Å². The number of benzene rings is 1. The van der Waals surface area contributed by atoms with Crippen LogP contribution in [0.3, 0.4) is 0 Å². The van der Waals surface area contributed by atoms with Gasteiger partial charge in [0.2, 0.25) is 0 Å². The molecule has 1 aliphatic carbocycles. The Labute approximate surface area is 164 Å². The highest BCUT2D eigenvalue weighted by molar-refractivity contribution is 6.06. The molecular weight excluding hydrogens is 348 g/mol. The van der Waals surface area contributed by atoms with Gasteiger partial charge in [0.05, 0.1) is 11.9 Å². The number of nitrogens with zero attached hydrogens (tertiary/aromatic N) is 4. The van der Waals surface area contributed by atoms with Gasteiger partial charge in [0.25, 0.3) is 5.91 Å². The van der Waals surface area contributed by atoms with E-state index in [0.29, 0.717) is 5.69 Å². The van der Waals surface area contributed by atoms with Crippen LogP contribution < -0.4 is 4.90 Å². The molecule has 1 saturated carbocycles. The molecule has 1 aromatic carbocycles. The van der Waals surface area contributed by atoms with E-state index >= 15 is 0 Å². The molecule has 3 aromatic rings. The zero-order chi connectivity index (χ0) is 19.1. The van der Waals surface area contributed by atoms with Crippen molar-refractivity contribution in [2.45, 2.75) is 38.0 Å². The van der Waals surface area contributed by atoms with Gasteiger partial charge in [-0.1, -0.05) is 18.9 Å². The van der Waals surface area contributed by atoms with Crippen molar-refractivity contribution in [1.29, 1.82) is 0 Å². The van der Waals surface area contributed by atoms with Gasteiger partial charge in [0.15, 0.2) is 0 Å². The number of aromatic nitrogens is 3. The lowest BCUT2D eigenvalue weighted by Crippen LogP contribution is -2.36. The largest absolute Gasteiger partial charge is 0.306 e. The van der Waals surface area contributed by atoms with Gasteiger partial charge in [-0.05, 0) is 60.7 Å². The summed E-state index contributed by atoms with van der Waals surface area (Å²) in [6.45, 7) is 2.61. The minimum absolute atomic E-state index is 0.0609. The summed E-state index contributed by atoms with van der Waals surface area (Å²) >= 11 is 0. The van der Waals surface area contributed by atoms with Gasteiger partial charge in [0, 0.05) is 36.2 Å². The van der Waals surface area contributed by atoms with Crippen molar-refractivity contribution in [2.75, 3.05) is 11.4 Å². The summed E-state index contributed by atoms with van der Waals surface area (Å²) in [5.41, 5.74) is 5.93. The molecule has 2 aliphatic rings. The molecule has 1 fully saturated rings. The highest BCUT2D eigenvalue weighted by atomic mass is 16.2. The Kier molecular flexibility index (Phi) is 3.97. The molecule has 1 amide bonds. The average Bonchev–Trinajstić information content (AvgIpc) is 3.34. The number of fused-ring (bicyclic) bond motifs is 2. The number of anilines is 1. The maximum Gasteiger partial charge on any atom is 0.278 e. The maximum atomic E-state index is 13.2. The van der Waals surface area contributed by atoms with Crippen LogP contribution in [0.15, 0.2) is 55.1 Å². The summed E-state index contributed by atoms with van der Waals surface area (Å²) in [6.07, 6.45) is 11.6. The van der Waals surface area contributed by atoms with E-state index in [2.05, 4.69) is 33.2 Å². The summed E-state index contributed by atoms with van der Waals surface area (Å²) in [7, 11) is 0. The topological polar surface area (TPSA) is 59.0 Å². The lowest BCUT2D eigenvalue weighted by molar-refractivity contribution is 0.0979. The molecule has 1 aliphatic heterocycles. The first kappa shape index (κ1) is 17.0. The average molecular weight is 370 g/mol. The second-order valence-electron chi connectivity index (χ2n) is 7.89. The number of hydrogen-bond donors (Lipinski definition) is 0. The molecular formula is C23H22N4O. The van der Waals surface area contributed by atoms with Gasteiger partial charge in [0.1, 0.15) is 5.69 Å². The molecule has 5 rings (SSSR count). The van der Waals surface area contributed by atoms with Crippen molar-refractivity contribution >= 4 is 11.6 Å². The van der Waals surface area contributed by atoms with Crippen LogP contribution in [0.25, 0.3) is 11.1 Å². The second kappa shape index (κ2) is 6.51. The third-order valence-electron chi connectivity index (χ3n) is 6.14. The summed E-state index contributed by atoms with van der Waals surface area (Å²) in [4.78, 5) is 27.8. The third-order valence-corrected chi connectivity index (χ3v) is 6.14. The lowest BCUT2D eigenvalue weighted by Gasteiger charge is -2.24. The molecule has 5 nitrogen and oxygen atoms in total. The van der Waals surface area contributed by atoms with Crippen molar-refractivity contribution in [3.63, 3.8) is 0 Å². The molecule has 3 heterocycles. The molecule has 0 saturated heterocycles. The van der Waals surface area contributed by atoms with Crippen molar-refractivity contribution in [1.82, 2.24) is 15.0 Å². The fourth-order valence-corrected chi connectivity index (χ4v) is 4.69. The SMILES string of the molecule is Cc1cnc(C(=O)N2CC3(CCCC3)c3cc(-c4ccncc4)ccc32)cn1. The smallest absolute Gasteiger partial charge is 0.278 e. The Hall–Kier alpha value is -3.08. The van der Waals surface area contributed by atoms with Gasteiger partial charge in [-0.2, -0.15) is 0 Å². The van der Waals surface area contributed by atoms with E-state index in [9.17, 15) is 4.79 Å². The quantitative estimate of drug-likeness (QED) is 0.674. The van der Waals surface area contributed by atoms with Crippen LogP contribution in [0, 0.1) is 6.92 Å². The van der Waals surface area contributed by atoms with E-state index < -0.39 is 0 Å². The number of amides is 1. The summed E-state index contributed by atoms with van der Waals surface area (Å²) in [5, 5.41) is 0. The first-order chi connectivity index (χ1) is 13.7. The summed E-state index contributed by atoms with van der Waals surface area (Å²) in [5.74, 6) is -0.0609. The normalized spacial score (nSPS) is 17.1. The Bertz CT molecular complexity index is 1020. The summed E-state index contributed by atoms with van der Waals surface area (Å²) in [6, 6.07) is 10.5. The number of hydrogen-bond acceptors (Lipinski definition) is 4. The molecule has 1 spiro atoms. The predicted octanol–water partition coefficient (Wildman–Crippen LogP) is 4.32. The van der Waals surface area contributed by atoms with Crippen LogP contribution in [0.5, 0.6) is 0 Å². The third kappa shape index (κ3) is 2.70. The molecule has 140 valence electrons. The first-order valence-electron chi connectivity index (χ1n) is 9.82. The molecule has 0 atom stereocenters. The van der Waals surface area contributed by atoms with Crippen molar-refractivity contribution in [2.24, 2.45) is 0 Å². The Morgan fingerprint density at radius 2 is 1.79 bits per heavy atom. The highest BCUT2D eigenvalue weighted by Gasteiger charge is 2.46. The maximum absolute atomic E-state index is 13.2. The van der Waals surface area contributed by atoms with Gasteiger partial charge in [-0.25, -0.2) is 4.98 Å². The molecule has 5 heteroatoms. The minimum atomic E-state index is -0.0609. The first-order valence-corrected chi connectivity index (χ1v) is 9.82. The lowest BCUT2D eigenvalue weighted by atomic mass is 9.80. The number of carbonyl (C=O) groups excluding carboxylic acids is 1. The minimum Gasteiger partial charge on any atom is -0.306 e. The van der Waals surface area contributed by atoms with Crippen LogP contribution in [-0.4, -0.2) is 27.4 Å². The van der Waals surface area contributed by atoms with E-state index in [4.69, 9.17) is 0 Å². The summed E-state index contributed by atoms with van der Waals surface area (Å²) < 4.78 is 0. The Morgan fingerprint density at radius 1 is 1.00 bits per heavy atom. The van der Waals surface area contributed by atoms with Crippen molar-refractivity contribution < 1.29 is 4.79 Å². The van der Waals surface area contributed by atoms with Crippen LogP contribution in [0.2, 0.25) is 0 Å². The monoisotopic (exact) mass is 370 g/mol. The predicted molar refractivity (Wildman–Crippen MR) is 108 cm³/mol. The molecule has 0 radical (unpaired) electrons. The van der Waals surface area contributed by atoms with Gasteiger partial charge >= 0.3 is 0 Å². The van der Waals surface area contributed by atoms with E-state index in [-0.39, 0.29) is 11.3 Å². The zero-order valence-corrected chi connectivity index (χ0v) is 15.9. The number of pyridine rings is 1. The van der Waals surface area contributed by atoms with E-state index in [1.807, 2.05) is 36.4 Å². The zero-order valence-electron chi connectivity index (χ0n) is 15.9. The standard InChI is InChI=1S/C23H22N4O/c1-16-13-26-20(14-25-16)22(28)27-15-23(8-2-3-9-23)19-12-18(4-5-21(19)27)17-6-10-24-11-7-17/h4-7,10-14H,2-3,8-9,15H2,1H3. The van der Waals surface area contributed by atoms with E-state index in [1.165, 1.54) is 24.0 Å². The fraction of sp³-hybridized carbons (Fsp3) is 0.304. The van der Waals surface area contributed by atoms with Gasteiger partial charge in [-0.3, -0.25) is 14.8 Å². The Balaban J connectivity index is 1.58. The number of aryl methyl sites for hydroxylation is 1. The number of carbonyl (C=O) groups is 1. The van der Waals surface area contributed by atoms with Crippen LogP contribution >= 0.6 is 0 Å². The van der Waals surface area contributed by atoms with Gasteiger partial charge < -0.3 is 4.90 Å².